The maximum Gasteiger partial charge on any atom is 0.530 e. The molecule has 0 aromatic carbocycles. The predicted molar refractivity (Wildman–Crippen MR) is 127 cm³/mol. The van der Waals surface area contributed by atoms with Gasteiger partial charge in [-0.1, -0.05) is 93.9 Å². The lowest BCUT2D eigenvalue weighted by Crippen LogP contribution is -2.18. The zero-order chi connectivity index (χ0) is 20.3. The summed E-state index contributed by atoms with van der Waals surface area (Å²) in [7, 11) is -1.84. The molecule has 0 N–H and O–H groups in total. The second-order valence-electron chi connectivity index (χ2n) is 6.70. The van der Waals surface area contributed by atoms with Crippen molar-refractivity contribution in [2.75, 3.05) is 0 Å². The Kier molecular flexibility index (Phi) is 7.10. The van der Waals surface area contributed by atoms with E-state index in [1.165, 1.54) is 0 Å². The number of allylic oxidation sites excluding steroid dienone is 12. The molecule has 0 heterocycles. The highest BCUT2D eigenvalue weighted by Crippen LogP contribution is 2.49. The van der Waals surface area contributed by atoms with E-state index >= 15 is 0 Å². The fourth-order valence-corrected chi connectivity index (χ4v) is 4.46. The summed E-state index contributed by atoms with van der Waals surface area (Å²) in [6, 6.07) is 0. The molecule has 0 bridgehead atoms. The van der Waals surface area contributed by atoms with E-state index in [2.05, 4.69) is 0 Å². The molecule has 0 aromatic heterocycles. The minimum absolute atomic E-state index is 0.114. The minimum Gasteiger partial charge on any atom is -0.407 e. The number of hydrogen-bond acceptors (Lipinski definition) is 6. The van der Waals surface area contributed by atoms with Crippen molar-refractivity contribution in [3.63, 3.8) is 0 Å². The number of thiocarbonyl (C=S) groups is 3. The van der Waals surface area contributed by atoms with Crippen molar-refractivity contribution in [3.05, 3.63) is 72.0 Å². The van der Waals surface area contributed by atoms with Gasteiger partial charge < -0.3 is 13.6 Å². The molecule has 0 fully saturated rings. The van der Waals surface area contributed by atoms with Crippen LogP contribution < -0.4 is 0 Å². The Bertz CT molecular complexity index is 765. The Morgan fingerprint density at radius 3 is 1.18 bits per heavy atom. The largest absolute Gasteiger partial charge is 0.530 e. The summed E-state index contributed by atoms with van der Waals surface area (Å²) in [4.78, 5) is 2.14. The summed E-state index contributed by atoms with van der Waals surface area (Å²) >= 11 is 16.5. The molecule has 146 valence electrons. The molecule has 3 rings (SSSR count). The summed E-state index contributed by atoms with van der Waals surface area (Å²) < 4.78 is 18.3. The Morgan fingerprint density at radius 2 is 0.893 bits per heavy atom. The number of rotatable bonds is 6. The van der Waals surface area contributed by atoms with Gasteiger partial charge in [0.2, 0.25) is 0 Å². The topological polar surface area (TPSA) is 27.7 Å². The zero-order valence-corrected chi connectivity index (χ0v) is 19.2. The molecular formula is C21H21O3PS3. The summed E-state index contributed by atoms with van der Waals surface area (Å²) in [5.41, 5.74) is 0. The average Bonchev–Trinajstić information content (AvgIpc) is 2.66. The van der Waals surface area contributed by atoms with E-state index in [9.17, 15) is 0 Å². The molecule has 0 aliphatic heterocycles. The van der Waals surface area contributed by atoms with E-state index in [0.29, 0.717) is 31.9 Å². The van der Waals surface area contributed by atoms with E-state index in [-0.39, 0.29) is 17.8 Å². The van der Waals surface area contributed by atoms with Crippen LogP contribution in [0.15, 0.2) is 72.0 Å². The van der Waals surface area contributed by atoms with Gasteiger partial charge in [0.25, 0.3) is 0 Å². The minimum atomic E-state index is -1.84. The fraction of sp³-hybridized carbons (Fsp3) is 0.286. The monoisotopic (exact) mass is 448 g/mol. The van der Waals surface area contributed by atoms with Crippen molar-refractivity contribution in [1.82, 2.24) is 0 Å². The quantitative estimate of drug-likeness (QED) is 0.334. The molecule has 3 aliphatic carbocycles. The molecule has 3 atom stereocenters. The van der Waals surface area contributed by atoms with Gasteiger partial charge in [0.05, 0.1) is 14.6 Å². The van der Waals surface area contributed by atoms with Crippen LogP contribution in [0.2, 0.25) is 0 Å². The van der Waals surface area contributed by atoms with Crippen molar-refractivity contribution >= 4 is 59.8 Å². The van der Waals surface area contributed by atoms with Gasteiger partial charge in [-0.25, -0.2) is 0 Å². The Balaban J connectivity index is 1.83. The molecular weight excluding hydrogens is 427 g/mol. The molecule has 0 saturated heterocycles. The zero-order valence-electron chi connectivity index (χ0n) is 15.8. The molecule has 0 amide bonds. The van der Waals surface area contributed by atoms with Crippen LogP contribution in [-0.4, -0.2) is 14.6 Å². The normalized spacial score (nSPS) is 27.8. The van der Waals surface area contributed by atoms with E-state index in [1.807, 2.05) is 75.5 Å². The first-order valence-corrected chi connectivity index (χ1v) is 11.3. The average molecular weight is 449 g/mol. The first kappa shape index (κ1) is 21.3. The third-order valence-corrected chi connectivity index (χ3v) is 7.19. The van der Waals surface area contributed by atoms with Crippen LogP contribution in [0, 0.1) is 17.8 Å². The van der Waals surface area contributed by atoms with Gasteiger partial charge >= 0.3 is 8.60 Å². The van der Waals surface area contributed by atoms with Crippen molar-refractivity contribution in [1.29, 1.82) is 0 Å². The van der Waals surface area contributed by atoms with Crippen LogP contribution in [0.3, 0.4) is 0 Å². The van der Waals surface area contributed by atoms with Crippen LogP contribution in [0.5, 0.6) is 0 Å². The summed E-state index contributed by atoms with van der Waals surface area (Å²) in [6.07, 6.45) is 17.3. The number of hydrogen-bond donors (Lipinski definition) is 0. The van der Waals surface area contributed by atoms with Gasteiger partial charge in [0.1, 0.15) is 17.3 Å². The van der Waals surface area contributed by atoms with Crippen molar-refractivity contribution in [3.8, 4) is 0 Å². The SMILES string of the molecule is CC1C=CC=C(OP(OC2=CC=CC(C)C2=S)OC2=CC=CC(C)C2=S)C1=S. The first-order chi connectivity index (χ1) is 13.4. The Hall–Kier alpha value is -1.46. The maximum atomic E-state index is 6.09. The first-order valence-electron chi connectivity index (χ1n) is 8.99. The summed E-state index contributed by atoms with van der Waals surface area (Å²) in [6.45, 7) is 6.07. The third kappa shape index (κ3) is 4.93. The van der Waals surface area contributed by atoms with Crippen LogP contribution in [0.4, 0.5) is 0 Å². The third-order valence-electron chi connectivity index (χ3n) is 4.43. The molecule has 3 aliphatic rings. The van der Waals surface area contributed by atoms with E-state index < -0.39 is 8.60 Å². The Morgan fingerprint density at radius 1 is 0.607 bits per heavy atom. The van der Waals surface area contributed by atoms with Gasteiger partial charge in [-0.05, 0) is 18.2 Å². The lowest BCUT2D eigenvalue weighted by molar-refractivity contribution is 0.278. The summed E-state index contributed by atoms with van der Waals surface area (Å²) in [5.74, 6) is 2.07. The standard InChI is InChI=1S/C21H21O3PS3/c1-13-7-4-10-16(19(13)26)22-25(23-17-11-5-8-14(2)20(17)27)24-18-12-6-9-15(3)21(18)28/h4-15H,1-3H3. The van der Waals surface area contributed by atoms with Crippen LogP contribution >= 0.6 is 45.3 Å². The van der Waals surface area contributed by atoms with Gasteiger partial charge in [0, 0.05) is 17.8 Å². The fourth-order valence-electron chi connectivity index (χ4n) is 2.63. The molecule has 3 nitrogen and oxygen atoms in total. The predicted octanol–water partition coefficient (Wildman–Crippen LogP) is 6.64. The van der Waals surface area contributed by atoms with Gasteiger partial charge in [-0.2, -0.15) is 0 Å². The molecule has 0 saturated carbocycles. The van der Waals surface area contributed by atoms with E-state index in [0.717, 1.165) is 0 Å². The van der Waals surface area contributed by atoms with Crippen molar-refractivity contribution in [2.45, 2.75) is 20.8 Å². The van der Waals surface area contributed by atoms with E-state index in [4.69, 9.17) is 50.2 Å². The van der Waals surface area contributed by atoms with E-state index in [1.54, 1.807) is 0 Å². The smallest absolute Gasteiger partial charge is 0.407 e. The van der Waals surface area contributed by atoms with Gasteiger partial charge in [-0.15, -0.1) is 0 Å². The van der Waals surface area contributed by atoms with Crippen LogP contribution in [-0.2, 0) is 13.6 Å². The maximum absolute atomic E-state index is 6.09. The molecule has 3 unspecified atom stereocenters. The molecule has 0 spiro atoms. The van der Waals surface area contributed by atoms with Crippen LogP contribution in [0.1, 0.15) is 20.8 Å². The molecule has 28 heavy (non-hydrogen) atoms. The summed E-state index contributed by atoms with van der Waals surface area (Å²) in [5, 5.41) is 0. The van der Waals surface area contributed by atoms with Crippen molar-refractivity contribution < 1.29 is 13.6 Å². The molecule has 0 radical (unpaired) electrons. The Labute approximate surface area is 183 Å². The highest BCUT2D eigenvalue weighted by Gasteiger charge is 2.30. The van der Waals surface area contributed by atoms with Crippen LogP contribution in [0.25, 0.3) is 0 Å². The lowest BCUT2D eigenvalue weighted by atomic mass is 10.0. The molecule has 0 aromatic rings. The highest BCUT2D eigenvalue weighted by atomic mass is 32.1. The van der Waals surface area contributed by atoms with Gasteiger partial charge in [-0.3, -0.25) is 0 Å². The van der Waals surface area contributed by atoms with Gasteiger partial charge in [0.15, 0.2) is 0 Å². The van der Waals surface area contributed by atoms with Crippen molar-refractivity contribution in [2.24, 2.45) is 17.8 Å². The second kappa shape index (κ2) is 9.36. The highest BCUT2D eigenvalue weighted by molar-refractivity contribution is 7.81. The molecule has 7 heteroatoms. The second-order valence-corrected chi connectivity index (χ2v) is 9.02. The lowest BCUT2D eigenvalue weighted by Gasteiger charge is -2.26.